The number of aromatic nitrogens is 6. The maximum Gasteiger partial charge on any atom is 0.178 e. The number of carbonyl (C=O) groups excluding carboxylic acids is 1. The number of fused-ring (bicyclic) bond motifs is 2. The van der Waals surface area contributed by atoms with Crippen molar-refractivity contribution in [3.05, 3.63) is 71.2 Å². The maximum atomic E-state index is 16.0. The number of nitrogens with one attached hydrogen (secondary N) is 3. The van der Waals surface area contributed by atoms with E-state index in [1.54, 1.807) is 31.6 Å². The molecule has 0 bridgehead atoms. The Labute approximate surface area is 215 Å². The number of thiophene rings is 1. The third-order valence-corrected chi connectivity index (χ3v) is 7.41. The third-order valence-electron chi connectivity index (χ3n) is 6.19. The van der Waals surface area contributed by atoms with Crippen LogP contribution in [0.1, 0.15) is 29.1 Å². The number of halogens is 1. The van der Waals surface area contributed by atoms with Crippen LogP contribution in [-0.4, -0.2) is 42.5 Å². The van der Waals surface area contributed by atoms with Crippen LogP contribution in [0, 0.1) is 5.82 Å². The first kappa shape index (κ1) is 23.1. The second-order valence-electron chi connectivity index (χ2n) is 8.65. The number of Topliss-reactive ketones (excluding diaryl/α,β-unsaturated/α-hetero) is 1. The zero-order chi connectivity index (χ0) is 25.5. The predicted octanol–water partition coefficient (Wildman–Crippen LogP) is 5.74. The fourth-order valence-electron chi connectivity index (χ4n) is 4.37. The number of imidazole rings is 1. The van der Waals surface area contributed by atoms with Crippen LogP contribution in [0.25, 0.3) is 55.2 Å². The number of nitrogens with zero attached hydrogens (tertiary/aromatic N) is 4. The van der Waals surface area contributed by atoms with Crippen LogP contribution in [0.3, 0.4) is 0 Å². The molecule has 6 rings (SSSR count). The summed E-state index contributed by atoms with van der Waals surface area (Å²) in [6.45, 7) is 5.07. The average molecular weight is 512 g/mol. The molecule has 5 heterocycles. The molecule has 3 N–H and O–H groups in total. The first-order chi connectivity index (χ1) is 18.0. The summed E-state index contributed by atoms with van der Waals surface area (Å²) in [5.41, 5.74) is 5.08. The molecule has 5 aromatic heterocycles. The van der Waals surface area contributed by atoms with Gasteiger partial charge in [-0.15, -0.1) is 11.3 Å². The Hall–Kier alpha value is -4.28. The first-order valence-corrected chi connectivity index (χ1v) is 12.6. The lowest BCUT2D eigenvalue weighted by Gasteiger charge is -2.07. The summed E-state index contributed by atoms with van der Waals surface area (Å²) in [6.07, 6.45) is 5.11. The van der Waals surface area contributed by atoms with E-state index < -0.39 is 5.82 Å². The summed E-state index contributed by atoms with van der Waals surface area (Å²) in [6, 6.07) is 11.1. The minimum absolute atomic E-state index is 0.0171. The summed E-state index contributed by atoms with van der Waals surface area (Å²) >= 11 is 1.41. The summed E-state index contributed by atoms with van der Waals surface area (Å²) in [7, 11) is 0. The Morgan fingerprint density at radius 3 is 2.84 bits per heavy atom. The highest BCUT2D eigenvalue weighted by atomic mass is 32.1. The monoisotopic (exact) mass is 511 g/mol. The van der Waals surface area contributed by atoms with Crippen molar-refractivity contribution in [1.82, 2.24) is 35.5 Å². The number of aromatic amines is 2. The largest absolute Gasteiger partial charge is 0.335 e. The Bertz CT molecular complexity index is 1780. The predicted molar refractivity (Wildman–Crippen MR) is 143 cm³/mol. The van der Waals surface area contributed by atoms with Crippen LogP contribution < -0.4 is 5.32 Å². The fourth-order valence-corrected chi connectivity index (χ4v) is 5.30. The van der Waals surface area contributed by atoms with Crippen LogP contribution in [0.5, 0.6) is 0 Å². The topological polar surface area (TPSA) is 112 Å². The van der Waals surface area contributed by atoms with Crippen molar-refractivity contribution in [3.63, 3.8) is 0 Å². The molecule has 0 unspecified atom stereocenters. The van der Waals surface area contributed by atoms with Gasteiger partial charge < -0.3 is 10.3 Å². The van der Waals surface area contributed by atoms with E-state index in [1.165, 1.54) is 11.3 Å². The molecule has 0 fully saturated rings. The number of rotatable bonds is 7. The van der Waals surface area contributed by atoms with Gasteiger partial charge in [0.05, 0.1) is 21.3 Å². The molecule has 0 aliphatic heterocycles. The Kier molecular flexibility index (Phi) is 5.82. The minimum atomic E-state index is -0.401. The van der Waals surface area contributed by atoms with Crippen molar-refractivity contribution in [1.29, 1.82) is 0 Å². The van der Waals surface area contributed by atoms with E-state index in [2.05, 4.69) is 35.5 Å². The quantitative estimate of drug-likeness (QED) is 0.236. The van der Waals surface area contributed by atoms with Gasteiger partial charge in [0.1, 0.15) is 11.5 Å². The Balaban J connectivity index is 1.46. The molecule has 1 aromatic carbocycles. The van der Waals surface area contributed by atoms with Crippen LogP contribution in [0.15, 0.2) is 55.0 Å². The third kappa shape index (κ3) is 4.09. The highest BCUT2D eigenvalue weighted by Crippen LogP contribution is 2.36. The molecule has 0 saturated carbocycles. The number of carbonyl (C=O) groups is 1. The van der Waals surface area contributed by atoms with Crippen molar-refractivity contribution in [2.45, 2.75) is 20.4 Å². The smallest absolute Gasteiger partial charge is 0.178 e. The number of benzene rings is 1. The maximum absolute atomic E-state index is 16.0. The van der Waals surface area contributed by atoms with Crippen LogP contribution in [0.4, 0.5) is 4.39 Å². The number of ketones is 1. The van der Waals surface area contributed by atoms with Gasteiger partial charge in [0.15, 0.2) is 17.3 Å². The normalized spacial score (nSPS) is 11.5. The van der Waals surface area contributed by atoms with E-state index >= 15 is 4.39 Å². The van der Waals surface area contributed by atoms with Gasteiger partial charge in [0.25, 0.3) is 0 Å². The molecular weight excluding hydrogens is 489 g/mol. The molecular formula is C27H22FN7OS. The average Bonchev–Trinajstić information content (AvgIpc) is 3.65. The molecule has 37 heavy (non-hydrogen) atoms. The van der Waals surface area contributed by atoms with Gasteiger partial charge in [-0.1, -0.05) is 6.92 Å². The summed E-state index contributed by atoms with van der Waals surface area (Å²) in [4.78, 5) is 30.0. The second-order valence-corrected chi connectivity index (χ2v) is 9.73. The van der Waals surface area contributed by atoms with Gasteiger partial charge in [0.2, 0.25) is 0 Å². The van der Waals surface area contributed by atoms with Gasteiger partial charge in [0, 0.05) is 46.7 Å². The summed E-state index contributed by atoms with van der Waals surface area (Å²) < 4.78 is 16.0. The van der Waals surface area contributed by atoms with Crippen LogP contribution >= 0.6 is 11.3 Å². The first-order valence-electron chi connectivity index (χ1n) is 11.8. The van der Waals surface area contributed by atoms with E-state index in [9.17, 15) is 4.79 Å². The van der Waals surface area contributed by atoms with Gasteiger partial charge in [-0.3, -0.25) is 14.9 Å². The molecule has 10 heteroatoms. The Morgan fingerprint density at radius 2 is 2.03 bits per heavy atom. The molecule has 6 aromatic rings. The van der Waals surface area contributed by atoms with Gasteiger partial charge in [-0.2, -0.15) is 5.10 Å². The molecule has 184 valence electrons. The lowest BCUT2D eigenvalue weighted by molar-refractivity contribution is 0.102. The van der Waals surface area contributed by atoms with E-state index in [-0.39, 0.29) is 5.78 Å². The molecule has 0 radical (unpaired) electrons. The highest BCUT2D eigenvalue weighted by molar-refractivity contribution is 7.17. The van der Waals surface area contributed by atoms with Crippen LogP contribution in [0.2, 0.25) is 0 Å². The fraction of sp³-hybridized carbons (Fsp3) is 0.148. The van der Waals surface area contributed by atoms with Crippen molar-refractivity contribution >= 4 is 39.2 Å². The standard InChI is InChI=1S/C27H22FN7OS/c1-3-29-11-15-10-16(13-30-12-15)17-4-5-19-22(23(17)28)25(35-34-19)27-32-24-18(8-9-31-26(24)33-27)21-7-6-20(37-21)14(2)36/h4-10,12-13,29H,3,11H2,1-2H3,(H,34,35)(H,31,32,33). The molecule has 0 spiro atoms. The lowest BCUT2D eigenvalue weighted by atomic mass is 10.0. The lowest BCUT2D eigenvalue weighted by Crippen LogP contribution is -2.11. The number of pyridine rings is 2. The van der Waals surface area contributed by atoms with Crippen molar-refractivity contribution in [2.75, 3.05) is 6.54 Å². The Morgan fingerprint density at radius 1 is 1.14 bits per heavy atom. The zero-order valence-electron chi connectivity index (χ0n) is 20.1. The number of hydrogen-bond donors (Lipinski definition) is 3. The highest BCUT2D eigenvalue weighted by Gasteiger charge is 2.21. The molecule has 0 saturated heterocycles. The minimum Gasteiger partial charge on any atom is -0.335 e. The van der Waals surface area contributed by atoms with E-state index in [0.717, 1.165) is 22.5 Å². The van der Waals surface area contributed by atoms with Gasteiger partial charge in [-0.25, -0.2) is 14.4 Å². The van der Waals surface area contributed by atoms with Crippen molar-refractivity contribution in [3.8, 4) is 33.1 Å². The molecule has 0 amide bonds. The van der Waals surface area contributed by atoms with E-state index in [1.807, 2.05) is 37.3 Å². The summed E-state index contributed by atoms with van der Waals surface area (Å²) in [5, 5.41) is 10.9. The van der Waals surface area contributed by atoms with E-state index in [4.69, 9.17) is 0 Å². The SMILES string of the molecule is CCNCc1cncc(-c2ccc3[nH]nc(-c4nc5nccc(-c6ccc(C(C)=O)s6)c5[nH]4)c3c2F)c1. The molecule has 0 atom stereocenters. The number of H-pyrrole nitrogens is 2. The zero-order valence-corrected chi connectivity index (χ0v) is 20.9. The summed E-state index contributed by atoms with van der Waals surface area (Å²) in [5.74, 6) is 0.0183. The van der Waals surface area contributed by atoms with E-state index in [0.29, 0.717) is 56.1 Å². The van der Waals surface area contributed by atoms with Crippen molar-refractivity contribution in [2.24, 2.45) is 0 Å². The van der Waals surface area contributed by atoms with Gasteiger partial charge in [-0.05, 0) is 55.4 Å². The number of hydrogen-bond acceptors (Lipinski definition) is 7. The van der Waals surface area contributed by atoms with Gasteiger partial charge >= 0.3 is 0 Å². The van der Waals surface area contributed by atoms with Crippen LogP contribution in [-0.2, 0) is 6.54 Å². The molecule has 0 aliphatic carbocycles. The molecule has 0 aliphatic rings. The second kappa shape index (κ2) is 9.30. The molecule has 8 nitrogen and oxygen atoms in total. The van der Waals surface area contributed by atoms with Crippen molar-refractivity contribution < 1.29 is 9.18 Å².